The van der Waals surface area contributed by atoms with E-state index in [1.165, 1.54) is 6.07 Å². The zero-order valence-corrected chi connectivity index (χ0v) is 18.6. The van der Waals surface area contributed by atoms with Gasteiger partial charge in [0, 0.05) is 50.3 Å². The van der Waals surface area contributed by atoms with Crippen LogP contribution in [0.15, 0.2) is 12.1 Å². The standard InChI is InChI=1S/C23H33FN4O3/c1-14-6-7-20(24)19-10-21(26-22(14)19)23(30)25-16-9-18(13-31-12-16)28-8-4-5-17(11-28)27(3)15(2)29/h6-7,16-18,21,26H,4-5,8-13H2,1-3H3,(H,25,30). The van der Waals surface area contributed by atoms with Crippen molar-refractivity contribution in [2.75, 3.05) is 38.7 Å². The lowest BCUT2D eigenvalue weighted by molar-refractivity contribution is -0.131. The highest BCUT2D eigenvalue weighted by Gasteiger charge is 2.35. The van der Waals surface area contributed by atoms with E-state index < -0.39 is 6.04 Å². The van der Waals surface area contributed by atoms with Crippen molar-refractivity contribution in [3.8, 4) is 0 Å². The van der Waals surface area contributed by atoms with Crippen molar-refractivity contribution in [2.24, 2.45) is 0 Å². The summed E-state index contributed by atoms with van der Waals surface area (Å²) in [6.07, 6.45) is 3.24. The predicted octanol–water partition coefficient (Wildman–Crippen LogP) is 1.69. The monoisotopic (exact) mass is 432 g/mol. The molecule has 0 bridgehead atoms. The number of carbonyl (C=O) groups excluding carboxylic acids is 2. The third-order valence-corrected chi connectivity index (χ3v) is 7.03. The summed E-state index contributed by atoms with van der Waals surface area (Å²) < 4.78 is 20.0. The number of carbonyl (C=O) groups is 2. The summed E-state index contributed by atoms with van der Waals surface area (Å²) in [5.74, 6) is -0.287. The molecule has 1 aromatic carbocycles. The quantitative estimate of drug-likeness (QED) is 0.758. The number of nitrogens with zero attached hydrogens (tertiary/aromatic N) is 2. The number of rotatable bonds is 4. The number of piperidine rings is 1. The van der Waals surface area contributed by atoms with E-state index in [2.05, 4.69) is 15.5 Å². The number of anilines is 1. The van der Waals surface area contributed by atoms with Crippen LogP contribution in [0, 0.1) is 12.7 Å². The van der Waals surface area contributed by atoms with Gasteiger partial charge in [-0.25, -0.2) is 4.39 Å². The van der Waals surface area contributed by atoms with Gasteiger partial charge in [0.25, 0.3) is 0 Å². The Balaban J connectivity index is 1.33. The van der Waals surface area contributed by atoms with Gasteiger partial charge < -0.3 is 20.3 Å². The number of halogens is 1. The number of likely N-dealkylation sites (tertiary alicyclic amines) is 1. The molecule has 2 amide bonds. The van der Waals surface area contributed by atoms with Gasteiger partial charge in [-0.2, -0.15) is 0 Å². The molecule has 3 aliphatic heterocycles. The lowest BCUT2D eigenvalue weighted by Gasteiger charge is -2.43. The minimum atomic E-state index is -0.463. The summed E-state index contributed by atoms with van der Waals surface area (Å²) in [5, 5.41) is 6.31. The maximum Gasteiger partial charge on any atom is 0.243 e. The maximum atomic E-state index is 14.1. The molecular weight excluding hydrogens is 399 g/mol. The van der Waals surface area contributed by atoms with Crippen LogP contribution in [0.1, 0.15) is 37.3 Å². The van der Waals surface area contributed by atoms with Crippen molar-refractivity contribution in [2.45, 2.75) is 63.7 Å². The van der Waals surface area contributed by atoms with Crippen LogP contribution in [-0.2, 0) is 20.7 Å². The molecular formula is C23H33FN4O3. The van der Waals surface area contributed by atoms with Gasteiger partial charge in [-0.05, 0) is 44.4 Å². The summed E-state index contributed by atoms with van der Waals surface area (Å²) in [6.45, 7) is 6.47. The molecule has 0 saturated carbocycles. The Morgan fingerprint density at radius 1 is 1.32 bits per heavy atom. The molecule has 0 aromatic heterocycles. The first-order valence-corrected chi connectivity index (χ1v) is 11.2. The highest BCUT2D eigenvalue weighted by molar-refractivity contribution is 5.88. The molecule has 2 N–H and O–H groups in total. The first-order valence-electron chi connectivity index (χ1n) is 11.2. The van der Waals surface area contributed by atoms with Gasteiger partial charge in [0.05, 0.1) is 19.3 Å². The summed E-state index contributed by atoms with van der Waals surface area (Å²) >= 11 is 0. The zero-order valence-electron chi connectivity index (χ0n) is 18.6. The predicted molar refractivity (Wildman–Crippen MR) is 116 cm³/mol. The van der Waals surface area contributed by atoms with E-state index in [1.54, 1.807) is 13.0 Å². The molecule has 4 unspecified atom stereocenters. The number of nitrogens with one attached hydrogen (secondary N) is 2. The van der Waals surface area contributed by atoms with Crippen molar-refractivity contribution >= 4 is 17.5 Å². The maximum absolute atomic E-state index is 14.1. The molecule has 3 aliphatic rings. The molecule has 0 aliphatic carbocycles. The zero-order chi connectivity index (χ0) is 22.1. The fraction of sp³-hybridized carbons (Fsp3) is 0.652. The molecule has 1 aromatic rings. The van der Waals surface area contributed by atoms with E-state index in [9.17, 15) is 14.0 Å². The fourth-order valence-corrected chi connectivity index (χ4v) is 5.08. The number of benzene rings is 1. The fourth-order valence-electron chi connectivity index (χ4n) is 5.08. The molecule has 4 rings (SSSR count). The van der Waals surface area contributed by atoms with Crippen molar-refractivity contribution in [1.29, 1.82) is 0 Å². The van der Waals surface area contributed by atoms with Gasteiger partial charge in [-0.3, -0.25) is 14.5 Å². The molecule has 7 nitrogen and oxygen atoms in total. The summed E-state index contributed by atoms with van der Waals surface area (Å²) in [5.41, 5.74) is 2.28. The van der Waals surface area contributed by atoms with Crippen LogP contribution < -0.4 is 10.6 Å². The Hall–Kier alpha value is -2.19. The molecule has 4 atom stereocenters. The van der Waals surface area contributed by atoms with Gasteiger partial charge in [-0.1, -0.05) is 6.07 Å². The topological polar surface area (TPSA) is 73.9 Å². The highest BCUT2D eigenvalue weighted by Crippen LogP contribution is 2.31. The third kappa shape index (κ3) is 4.70. The van der Waals surface area contributed by atoms with Crippen molar-refractivity contribution in [3.63, 3.8) is 0 Å². The second-order valence-electron chi connectivity index (χ2n) is 9.17. The Labute approximate surface area is 183 Å². The van der Waals surface area contributed by atoms with Gasteiger partial charge in [-0.15, -0.1) is 0 Å². The van der Waals surface area contributed by atoms with E-state index in [4.69, 9.17) is 4.74 Å². The second-order valence-corrected chi connectivity index (χ2v) is 9.17. The van der Waals surface area contributed by atoms with Crippen molar-refractivity contribution < 1.29 is 18.7 Å². The van der Waals surface area contributed by atoms with Crippen LogP contribution in [0.3, 0.4) is 0 Å². The SMILES string of the molecule is CC(=O)N(C)C1CCCN(C2COCC(NC(=O)C3Cc4c(F)ccc(C)c4N3)C2)C1. The Morgan fingerprint density at radius 3 is 2.87 bits per heavy atom. The molecule has 3 heterocycles. The minimum absolute atomic E-state index is 0.0754. The lowest BCUT2D eigenvalue weighted by Crippen LogP contribution is -2.57. The van der Waals surface area contributed by atoms with Crippen LogP contribution in [0.5, 0.6) is 0 Å². The first kappa shape index (κ1) is 22.0. The van der Waals surface area contributed by atoms with Crippen LogP contribution >= 0.6 is 0 Å². The number of ether oxygens (including phenoxy) is 1. The van der Waals surface area contributed by atoms with Crippen LogP contribution in [-0.4, -0.2) is 79.1 Å². The van der Waals surface area contributed by atoms with Gasteiger partial charge in [0.15, 0.2) is 0 Å². The van der Waals surface area contributed by atoms with Crippen molar-refractivity contribution in [3.05, 3.63) is 29.1 Å². The van der Waals surface area contributed by atoms with E-state index in [0.717, 1.165) is 43.6 Å². The molecule has 0 radical (unpaired) electrons. The van der Waals surface area contributed by atoms with Gasteiger partial charge >= 0.3 is 0 Å². The molecule has 2 saturated heterocycles. The average Bonchev–Trinajstić information content (AvgIpc) is 3.23. The summed E-state index contributed by atoms with van der Waals surface area (Å²) in [6, 6.07) is 3.10. The largest absolute Gasteiger partial charge is 0.378 e. The Kier molecular flexibility index (Phi) is 6.48. The smallest absolute Gasteiger partial charge is 0.243 e. The lowest BCUT2D eigenvalue weighted by atomic mass is 9.98. The van der Waals surface area contributed by atoms with Gasteiger partial charge in [0.1, 0.15) is 11.9 Å². The Bertz CT molecular complexity index is 817. The molecule has 2 fully saturated rings. The number of likely N-dealkylation sites (N-methyl/N-ethyl adjacent to an activating group) is 1. The van der Waals surface area contributed by atoms with E-state index in [0.29, 0.717) is 25.2 Å². The summed E-state index contributed by atoms with van der Waals surface area (Å²) in [7, 11) is 1.87. The van der Waals surface area contributed by atoms with Crippen molar-refractivity contribution in [1.82, 2.24) is 15.1 Å². The normalized spacial score (nSPS) is 28.5. The molecule has 0 spiro atoms. The Morgan fingerprint density at radius 2 is 2.13 bits per heavy atom. The number of hydrogen-bond donors (Lipinski definition) is 2. The minimum Gasteiger partial charge on any atom is -0.378 e. The average molecular weight is 433 g/mol. The highest BCUT2D eigenvalue weighted by atomic mass is 19.1. The van der Waals surface area contributed by atoms with Crippen LogP contribution in [0.4, 0.5) is 10.1 Å². The number of amides is 2. The molecule has 31 heavy (non-hydrogen) atoms. The molecule has 8 heteroatoms. The van der Waals surface area contributed by atoms with E-state index >= 15 is 0 Å². The number of aryl methyl sites for hydroxylation is 1. The number of fused-ring (bicyclic) bond motifs is 1. The number of hydrogen-bond acceptors (Lipinski definition) is 5. The summed E-state index contributed by atoms with van der Waals surface area (Å²) in [4.78, 5) is 28.9. The van der Waals surface area contributed by atoms with Crippen LogP contribution in [0.25, 0.3) is 0 Å². The van der Waals surface area contributed by atoms with E-state index in [-0.39, 0.29) is 35.8 Å². The first-order chi connectivity index (χ1) is 14.8. The second kappa shape index (κ2) is 9.12. The van der Waals surface area contributed by atoms with E-state index in [1.807, 2.05) is 18.9 Å². The third-order valence-electron chi connectivity index (χ3n) is 7.03. The van der Waals surface area contributed by atoms with Crippen LogP contribution in [0.2, 0.25) is 0 Å². The van der Waals surface area contributed by atoms with Gasteiger partial charge in [0.2, 0.25) is 11.8 Å². The molecule has 170 valence electrons.